The Bertz CT molecular complexity index is 939. The van der Waals surface area contributed by atoms with E-state index in [1.54, 1.807) is 6.07 Å². The Morgan fingerprint density at radius 3 is 2.66 bits per heavy atom. The monoisotopic (exact) mass is 396 g/mol. The predicted molar refractivity (Wildman–Crippen MR) is 107 cm³/mol. The van der Waals surface area contributed by atoms with E-state index in [9.17, 15) is 15.2 Å². The fraction of sp³-hybridized carbons (Fsp3) is 0.455. The molecule has 7 nitrogen and oxygen atoms in total. The molecule has 1 fully saturated rings. The number of ether oxygens (including phenoxy) is 2. The Kier molecular flexibility index (Phi) is 4.64. The molecule has 3 aliphatic rings. The third kappa shape index (κ3) is 3.24. The Morgan fingerprint density at radius 2 is 1.86 bits per heavy atom. The van der Waals surface area contributed by atoms with Crippen molar-refractivity contribution in [2.75, 3.05) is 26.3 Å². The summed E-state index contributed by atoms with van der Waals surface area (Å²) in [5, 5.41) is 21.9. The van der Waals surface area contributed by atoms with Gasteiger partial charge < -0.3 is 14.6 Å². The number of non-ortho nitro benzene ring substituents is 1. The Labute approximate surface area is 169 Å². The molecule has 29 heavy (non-hydrogen) atoms. The van der Waals surface area contributed by atoms with Crippen LogP contribution in [0.4, 0.5) is 5.69 Å². The minimum atomic E-state index is -0.678. The minimum absolute atomic E-state index is 0.0165. The van der Waals surface area contributed by atoms with Gasteiger partial charge in [-0.1, -0.05) is 18.2 Å². The van der Waals surface area contributed by atoms with Gasteiger partial charge in [-0.15, -0.1) is 0 Å². The lowest BCUT2D eigenvalue weighted by Crippen LogP contribution is -2.43. The van der Waals surface area contributed by atoms with Crippen LogP contribution >= 0.6 is 0 Å². The smallest absolute Gasteiger partial charge is 0.269 e. The van der Waals surface area contributed by atoms with Crippen molar-refractivity contribution in [1.29, 1.82) is 0 Å². The third-order valence-corrected chi connectivity index (χ3v) is 6.49. The largest absolute Gasteiger partial charge is 0.486 e. The molecule has 2 aromatic carbocycles. The van der Waals surface area contributed by atoms with Crippen molar-refractivity contribution in [1.82, 2.24) is 4.90 Å². The van der Waals surface area contributed by atoms with Crippen LogP contribution in [0.1, 0.15) is 41.6 Å². The summed E-state index contributed by atoms with van der Waals surface area (Å²) < 4.78 is 11.6. The first-order valence-electron chi connectivity index (χ1n) is 10.2. The van der Waals surface area contributed by atoms with Crippen LogP contribution in [0.2, 0.25) is 0 Å². The van der Waals surface area contributed by atoms with Crippen molar-refractivity contribution in [3.63, 3.8) is 0 Å². The van der Waals surface area contributed by atoms with Crippen LogP contribution in [0.3, 0.4) is 0 Å². The highest BCUT2D eigenvalue weighted by Crippen LogP contribution is 2.43. The molecule has 2 aliphatic heterocycles. The average Bonchev–Trinajstić information content (AvgIpc) is 3.09. The second-order valence-corrected chi connectivity index (χ2v) is 8.04. The molecule has 0 radical (unpaired) electrons. The second kappa shape index (κ2) is 7.31. The normalized spacial score (nSPS) is 24.3. The number of likely N-dealkylation sites (tertiary alicyclic amines) is 1. The zero-order valence-corrected chi connectivity index (χ0v) is 16.1. The van der Waals surface area contributed by atoms with Gasteiger partial charge in [-0.25, -0.2) is 0 Å². The van der Waals surface area contributed by atoms with Gasteiger partial charge in [-0.2, -0.15) is 0 Å². The molecule has 0 amide bonds. The zero-order chi connectivity index (χ0) is 20.0. The number of hydrogen-bond acceptors (Lipinski definition) is 6. The molecule has 0 aromatic heterocycles. The quantitative estimate of drug-likeness (QED) is 0.634. The Morgan fingerprint density at radius 1 is 1.07 bits per heavy atom. The van der Waals surface area contributed by atoms with Crippen molar-refractivity contribution in [3.8, 4) is 11.5 Å². The van der Waals surface area contributed by atoms with Crippen LogP contribution in [0.5, 0.6) is 11.5 Å². The van der Waals surface area contributed by atoms with Crippen LogP contribution in [-0.4, -0.2) is 47.3 Å². The maximum Gasteiger partial charge on any atom is 0.269 e. The molecule has 1 aliphatic carbocycles. The highest BCUT2D eigenvalue weighted by molar-refractivity contribution is 5.49. The van der Waals surface area contributed by atoms with Gasteiger partial charge in [-0.05, 0) is 55.5 Å². The van der Waals surface area contributed by atoms with E-state index in [0.717, 1.165) is 49.4 Å². The van der Waals surface area contributed by atoms with Gasteiger partial charge in [0, 0.05) is 23.7 Å². The molecule has 5 rings (SSSR count). The van der Waals surface area contributed by atoms with Gasteiger partial charge in [0.1, 0.15) is 13.2 Å². The van der Waals surface area contributed by atoms with Crippen LogP contribution in [-0.2, 0) is 6.42 Å². The van der Waals surface area contributed by atoms with E-state index in [2.05, 4.69) is 11.0 Å². The maximum atomic E-state index is 11.1. The van der Waals surface area contributed by atoms with E-state index in [1.165, 1.54) is 17.7 Å². The molecular weight excluding hydrogens is 372 g/mol. The fourth-order valence-electron chi connectivity index (χ4n) is 4.99. The second-order valence-electron chi connectivity index (χ2n) is 8.04. The topological polar surface area (TPSA) is 85.1 Å². The molecule has 1 saturated heterocycles. The number of para-hydroxylation sites is 1. The van der Waals surface area contributed by atoms with Gasteiger partial charge >= 0.3 is 0 Å². The van der Waals surface area contributed by atoms with Gasteiger partial charge in [-0.3, -0.25) is 15.0 Å². The summed E-state index contributed by atoms with van der Waals surface area (Å²) in [7, 11) is 0. The third-order valence-electron chi connectivity index (χ3n) is 6.49. The number of hydrogen-bond donors (Lipinski definition) is 1. The maximum absolute atomic E-state index is 11.1. The Balaban J connectivity index is 1.29. The van der Waals surface area contributed by atoms with E-state index in [4.69, 9.17) is 9.47 Å². The number of rotatable bonds is 3. The highest BCUT2D eigenvalue weighted by Gasteiger charge is 2.38. The summed E-state index contributed by atoms with van der Waals surface area (Å²) >= 11 is 0. The number of aliphatic hydroxyl groups excluding tert-OH is 1. The highest BCUT2D eigenvalue weighted by atomic mass is 16.6. The van der Waals surface area contributed by atoms with E-state index >= 15 is 0 Å². The summed E-state index contributed by atoms with van der Waals surface area (Å²) in [4.78, 5) is 13.0. The number of piperidine rings is 1. The number of nitro benzene ring substituents is 1. The summed E-state index contributed by atoms with van der Waals surface area (Å²) in [6.45, 7) is 2.94. The molecule has 2 atom stereocenters. The molecular formula is C22H24N2O5. The van der Waals surface area contributed by atoms with Crippen LogP contribution < -0.4 is 9.47 Å². The van der Waals surface area contributed by atoms with E-state index in [0.29, 0.717) is 24.7 Å². The first-order valence-corrected chi connectivity index (χ1v) is 10.2. The summed E-state index contributed by atoms with van der Waals surface area (Å²) in [5.74, 6) is 2.13. The lowest BCUT2D eigenvalue weighted by molar-refractivity contribution is -0.385. The van der Waals surface area contributed by atoms with E-state index in [-0.39, 0.29) is 11.7 Å². The van der Waals surface area contributed by atoms with Crippen molar-refractivity contribution in [3.05, 3.63) is 63.2 Å². The van der Waals surface area contributed by atoms with Crippen molar-refractivity contribution in [2.45, 2.75) is 37.3 Å². The molecule has 0 spiro atoms. The van der Waals surface area contributed by atoms with Crippen LogP contribution in [0.25, 0.3) is 0 Å². The zero-order valence-electron chi connectivity index (χ0n) is 16.1. The lowest BCUT2D eigenvalue weighted by atomic mass is 9.87. The van der Waals surface area contributed by atoms with Gasteiger partial charge in [0.05, 0.1) is 11.0 Å². The molecule has 1 N–H and O–H groups in total. The SMILES string of the molecule is O=[N+]([O-])c1ccc2c(c1)C(O)C(N1CCC(c3cccc4c3OCCO4)CC1)C2. The first kappa shape index (κ1) is 18.4. The molecule has 2 heterocycles. The number of nitro groups is 1. The Hall–Kier alpha value is -2.64. The van der Waals surface area contributed by atoms with Gasteiger partial charge in [0.15, 0.2) is 11.5 Å². The van der Waals surface area contributed by atoms with Crippen molar-refractivity contribution in [2.24, 2.45) is 0 Å². The van der Waals surface area contributed by atoms with E-state index < -0.39 is 11.0 Å². The average molecular weight is 396 g/mol. The standard InChI is InChI=1S/C22H24N2O5/c25-21-18-13-16(24(26)27)5-4-15(18)12-19(21)23-8-6-14(7-9-23)17-2-1-3-20-22(17)29-11-10-28-20/h1-5,13-14,19,21,25H,6-12H2. The fourth-order valence-corrected chi connectivity index (χ4v) is 4.99. The molecule has 7 heteroatoms. The van der Waals surface area contributed by atoms with Gasteiger partial charge in [0.25, 0.3) is 5.69 Å². The van der Waals surface area contributed by atoms with E-state index in [1.807, 2.05) is 12.1 Å². The number of aliphatic hydroxyl groups is 1. The molecule has 2 aromatic rings. The lowest BCUT2D eigenvalue weighted by Gasteiger charge is -2.38. The molecule has 0 bridgehead atoms. The molecule has 2 unspecified atom stereocenters. The summed E-state index contributed by atoms with van der Waals surface area (Å²) in [6, 6.07) is 10.9. The van der Waals surface area contributed by atoms with Crippen molar-refractivity contribution >= 4 is 5.69 Å². The van der Waals surface area contributed by atoms with Gasteiger partial charge in [0.2, 0.25) is 0 Å². The number of fused-ring (bicyclic) bond motifs is 2. The summed E-state index contributed by atoms with van der Waals surface area (Å²) in [5.41, 5.74) is 2.97. The predicted octanol–water partition coefficient (Wildman–Crippen LogP) is 3.20. The van der Waals surface area contributed by atoms with Crippen LogP contribution in [0.15, 0.2) is 36.4 Å². The molecule has 152 valence electrons. The number of nitrogens with zero attached hydrogens (tertiary/aromatic N) is 2. The molecule has 0 saturated carbocycles. The minimum Gasteiger partial charge on any atom is -0.486 e. The van der Waals surface area contributed by atoms with Crippen LogP contribution in [0, 0.1) is 10.1 Å². The van der Waals surface area contributed by atoms with Crippen molar-refractivity contribution < 1.29 is 19.5 Å². The first-order chi connectivity index (χ1) is 14.1. The number of benzene rings is 2. The summed E-state index contributed by atoms with van der Waals surface area (Å²) in [6.07, 6.45) is 2.03.